The lowest BCUT2D eigenvalue weighted by Crippen LogP contribution is -2.56. The van der Waals surface area contributed by atoms with E-state index in [1.54, 1.807) is 0 Å². The van der Waals surface area contributed by atoms with Gasteiger partial charge in [0, 0.05) is 11.6 Å². The number of benzene rings is 2. The second kappa shape index (κ2) is 7.80. The Morgan fingerprint density at radius 2 is 1.56 bits per heavy atom. The van der Waals surface area contributed by atoms with Gasteiger partial charge in [0.1, 0.15) is 46.9 Å². The summed E-state index contributed by atoms with van der Waals surface area (Å²) in [6, 6.07) is 7.08. The Labute approximate surface area is 178 Å². The first kappa shape index (κ1) is 21.6. The monoisotopic (exact) mass is 446 g/mol. The molecular weight excluding hydrogens is 428 g/mol. The van der Waals surface area contributed by atoms with Gasteiger partial charge in [-0.2, -0.15) is 0 Å². The Hall–Kier alpha value is -3.64. The molecule has 2 heterocycles. The summed E-state index contributed by atoms with van der Waals surface area (Å²) in [5, 5.41) is 68.8. The van der Waals surface area contributed by atoms with Gasteiger partial charge < -0.3 is 44.9 Å². The lowest BCUT2D eigenvalue weighted by atomic mass is 9.90. The van der Waals surface area contributed by atoms with Crippen LogP contribution in [0.15, 0.2) is 45.6 Å². The summed E-state index contributed by atoms with van der Waals surface area (Å²) in [7, 11) is 0. The summed E-state index contributed by atoms with van der Waals surface area (Å²) in [5.41, 5.74) is -0.573. The second-order valence-corrected chi connectivity index (χ2v) is 7.38. The van der Waals surface area contributed by atoms with Crippen molar-refractivity contribution in [3.8, 4) is 28.6 Å². The summed E-state index contributed by atoms with van der Waals surface area (Å²) in [4.78, 5) is 23.9. The van der Waals surface area contributed by atoms with E-state index in [9.17, 15) is 45.3 Å². The number of phenolic OH excluding ortho intramolecular Hbond substituents is 3. The zero-order valence-electron chi connectivity index (χ0n) is 16.1. The van der Waals surface area contributed by atoms with Gasteiger partial charge in [0.05, 0.1) is 0 Å². The molecule has 5 atom stereocenters. The minimum absolute atomic E-state index is 0.0154. The van der Waals surface area contributed by atoms with Gasteiger partial charge in [-0.25, -0.2) is 4.79 Å². The van der Waals surface area contributed by atoms with E-state index in [-0.39, 0.29) is 33.6 Å². The Balaban J connectivity index is 1.84. The molecule has 1 aliphatic rings. The van der Waals surface area contributed by atoms with Crippen molar-refractivity contribution in [2.45, 2.75) is 30.5 Å². The highest BCUT2D eigenvalue weighted by atomic mass is 16.6. The van der Waals surface area contributed by atoms with E-state index >= 15 is 0 Å². The van der Waals surface area contributed by atoms with Crippen LogP contribution in [0.4, 0.5) is 0 Å². The van der Waals surface area contributed by atoms with E-state index in [1.807, 2.05) is 0 Å². The molecule has 1 aromatic heterocycles. The molecule has 7 N–H and O–H groups in total. The maximum absolute atomic E-state index is 12.6. The number of ether oxygens (including phenoxy) is 1. The van der Waals surface area contributed by atoms with Crippen LogP contribution in [0, 0.1) is 0 Å². The van der Waals surface area contributed by atoms with Crippen molar-refractivity contribution in [2.24, 2.45) is 0 Å². The van der Waals surface area contributed by atoms with E-state index in [1.165, 1.54) is 18.2 Å². The fourth-order valence-corrected chi connectivity index (χ4v) is 3.63. The lowest BCUT2D eigenvalue weighted by molar-refractivity contribution is -0.229. The van der Waals surface area contributed by atoms with Gasteiger partial charge in [-0.3, -0.25) is 4.79 Å². The highest BCUT2D eigenvalue weighted by Gasteiger charge is 2.47. The highest BCUT2D eigenvalue weighted by Crippen LogP contribution is 2.37. The van der Waals surface area contributed by atoms with E-state index < -0.39 is 53.4 Å². The fraction of sp³-hybridized carbons (Fsp3) is 0.238. The first-order chi connectivity index (χ1) is 15.1. The predicted molar refractivity (Wildman–Crippen MR) is 106 cm³/mol. The number of hydrogen-bond donors (Lipinski definition) is 7. The predicted octanol–water partition coefficient (Wildman–Crippen LogP) is 0.184. The molecule has 0 spiro atoms. The number of aliphatic hydroxyl groups is 3. The smallest absolute Gasteiger partial charge is 0.335 e. The van der Waals surface area contributed by atoms with Gasteiger partial charge in [-0.05, 0) is 35.9 Å². The molecule has 0 bridgehead atoms. The quantitative estimate of drug-likeness (QED) is 0.271. The molecule has 3 aromatic rings. The number of phenols is 3. The van der Waals surface area contributed by atoms with Crippen LogP contribution >= 0.6 is 0 Å². The molecule has 1 aliphatic heterocycles. The molecule has 0 unspecified atom stereocenters. The number of aliphatic hydroxyl groups excluding tert-OH is 3. The first-order valence-corrected chi connectivity index (χ1v) is 9.34. The average Bonchev–Trinajstić information content (AvgIpc) is 2.73. The SMILES string of the molecule is O=C(O)[C@H]1O[C@@H](c2cc(O)c3c(=O)cc(-c4ccc(O)c(O)c4)oc3c2)[C@H](O)[C@@H](O)[C@@H]1O. The molecule has 11 heteroatoms. The van der Waals surface area contributed by atoms with Crippen molar-refractivity contribution in [1.82, 2.24) is 0 Å². The Morgan fingerprint density at radius 3 is 2.22 bits per heavy atom. The molecule has 11 nitrogen and oxygen atoms in total. The van der Waals surface area contributed by atoms with Crippen molar-refractivity contribution in [3.63, 3.8) is 0 Å². The van der Waals surface area contributed by atoms with Crippen molar-refractivity contribution in [3.05, 3.63) is 52.2 Å². The van der Waals surface area contributed by atoms with Crippen molar-refractivity contribution >= 4 is 16.9 Å². The molecular formula is C21H18O11. The number of aliphatic carboxylic acids is 1. The van der Waals surface area contributed by atoms with Gasteiger partial charge in [-0.1, -0.05) is 0 Å². The number of hydrogen-bond acceptors (Lipinski definition) is 10. The molecule has 32 heavy (non-hydrogen) atoms. The topological polar surface area (TPSA) is 198 Å². The zero-order valence-corrected chi connectivity index (χ0v) is 16.1. The van der Waals surface area contributed by atoms with Crippen LogP contribution in [0.1, 0.15) is 11.7 Å². The summed E-state index contributed by atoms with van der Waals surface area (Å²) in [6.45, 7) is 0. The maximum atomic E-state index is 12.6. The van der Waals surface area contributed by atoms with E-state index in [0.29, 0.717) is 0 Å². The zero-order chi connectivity index (χ0) is 23.3. The van der Waals surface area contributed by atoms with Crippen molar-refractivity contribution in [2.75, 3.05) is 0 Å². The van der Waals surface area contributed by atoms with E-state index in [2.05, 4.69) is 0 Å². The Morgan fingerprint density at radius 1 is 0.844 bits per heavy atom. The van der Waals surface area contributed by atoms with Crippen LogP contribution in [0.5, 0.6) is 17.2 Å². The van der Waals surface area contributed by atoms with Gasteiger partial charge in [0.2, 0.25) is 0 Å². The Bertz CT molecular complexity index is 1260. The molecule has 0 radical (unpaired) electrons. The normalized spacial score (nSPS) is 25.7. The molecule has 0 aliphatic carbocycles. The highest BCUT2D eigenvalue weighted by molar-refractivity contribution is 5.85. The molecule has 0 saturated carbocycles. The summed E-state index contributed by atoms with van der Waals surface area (Å²) in [5.74, 6) is -2.96. The number of carbonyl (C=O) groups is 1. The van der Waals surface area contributed by atoms with E-state index in [4.69, 9.17) is 9.15 Å². The molecule has 2 aromatic carbocycles. The van der Waals surface area contributed by atoms with Gasteiger partial charge in [0.25, 0.3) is 0 Å². The maximum Gasteiger partial charge on any atom is 0.335 e. The average molecular weight is 446 g/mol. The molecule has 168 valence electrons. The fourth-order valence-electron chi connectivity index (χ4n) is 3.63. The Kier molecular flexibility index (Phi) is 5.26. The number of fused-ring (bicyclic) bond motifs is 1. The third kappa shape index (κ3) is 3.52. The molecule has 1 saturated heterocycles. The van der Waals surface area contributed by atoms with E-state index in [0.717, 1.165) is 18.2 Å². The summed E-state index contributed by atoms with van der Waals surface area (Å²) >= 11 is 0. The number of carboxylic acid groups (broad SMARTS) is 1. The van der Waals surface area contributed by atoms with Crippen molar-refractivity contribution in [1.29, 1.82) is 0 Å². The van der Waals surface area contributed by atoms with Crippen LogP contribution in [-0.2, 0) is 9.53 Å². The van der Waals surface area contributed by atoms with Gasteiger partial charge >= 0.3 is 5.97 Å². The number of carboxylic acids is 1. The molecule has 1 fully saturated rings. The van der Waals surface area contributed by atoms with Crippen LogP contribution in [0.2, 0.25) is 0 Å². The first-order valence-electron chi connectivity index (χ1n) is 9.34. The largest absolute Gasteiger partial charge is 0.507 e. The van der Waals surface area contributed by atoms with Gasteiger partial charge in [0.15, 0.2) is 23.0 Å². The molecule has 4 rings (SSSR count). The van der Waals surface area contributed by atoms with Crippen LogP contribution < -0.4 is 5.43 Å². The number of rotatable bonds is 3. The summed E-state index contributed by atoms with van der Waals surface area (Å²) < 4.78 is 10.9. The van der Waals surface area contributed by atoms with Crippen LogP contribution in [-0.4, -0.2) is 66.1 Å². The minimum atomic E-state index is -1.89. The molecule has 0 amide bonds. The van der Waals surface area contributed by atoms with Crippen molar-refractivity contribution < 1.29 is 49.7 Å². The minimum Gasteiger partial charge on any atom is -0.507 e. The van der Waals surface area contributed by atoms with Crippen LogP contribution in [0.25, 0.3) is 22.3 Å². The number of aromatic hydroxyl groups is 3. The second-order valence-electron chi connectivity index (χ2n) is 7.38. The van der Waals surface area contributed by atoms with Crippen LogP contribution in [0.3, 0.4) is 0 Å². The standard InChI is InChI=1S/C21H18O11/c22-9-2-1-7(3-10(9)23)13-6-12(25)15-11(24)4-8(5-14(15)31-13)19-17(27)16(26)18(28)20(32-19)21(29)30/h1-6,16-20,22-24,26-28H,(H,29,30)/t16-,17-,18+,19+,20+/m1/s1. The third-order valence-corrected chi connectivity index (χ3v) is 5.28. The van der Waals surface area contributed by atoms with Gasteiger partial charge in [-0.15, -0.1) is 0 Å². The lowest BCUT2D eigenvalue weighted by Gasteiger charge is -2.39. The summed E-state index contributed by atoms with van der Waals surface area (Å²) in [6.07, 6.45) is -8.82. The third-order valence-electron chi connectivity index (χ3n) is 5.28.